The van der Waals surface area contributed by atoms with E-state index in [-0.39, 0.29) is 23.6 Å². The predicted molar refractivity (Wildman–Crippen MR) is 191 cm³/mol. The molecule has 0 bridgehead atoms. The molecule has 2 aromatic carbocycles. The van der Waals surface area contributed by atoms with Gasteiger partial charge in [-0.3, -0.25) is 29.0 Å². The highest BCUT2D eigenvalue weighted by Gasteiger charge is 2.41. The topological polar surface area (TPSA) is 117 Å². The molecule has 2 aromatic rings. The average Bonchev–Trinajstić information content (AvgIpc) is 3.49. The first-order chi connectivity index (χ1) is 22.2. The van der Waals surface area contributed by atoms with E-state index in [2.05, 4.69) is 10.6 Å². The molecule has 4 amide bonds. The fraction of sp³-hybridized carbons (Fsp3) is 0.375. The van der Waals surface area contributed by atoms with Crippen LogP contribution in [0.2, 0.25) is 0 Å². The maximum Gasteiger partial charge on any atom is 0.267 e. The van der Waals surface area contributed by atoms with Gasteiger partial charge in [0, 0.05) is 25.9 Å². The third kappa shape index (κ3) is 9.30. The molecule has 0 unspecified atom stereocenters. The molecule has 2 heterocycles. The number of rotatable bonds is 16. The third-order valence-corrected chi connectivity index (χ3v) is 10.3. The van der Waals surface area contributed by atoms with Crippen molar-refractivity contribution in [2.24, 2.45) is 0 Å². The summed E-state index contributed by atoms with van der Waals surface area (Å²) in [6, 6.07) is 14.5. The van der Waals surface area contributed by atoms with E-state index >= 15 is 0 Å². The summed E-state index contributed by atoms with van der Waals surface area (Å²) in [5, 5.41) is 5.73. The lowest BCUT2D eigenvalue weighted by Crippen LogP contribution is -2.31. The number of ether oxygens (including phenoxy) is 2. The first-order valence-electron chi connectivity index (χ1n) is 14.9. The zero-order valence-electron chi connectivity index (χ0n) is 25.7. The van der Waals surface area contributed by atoms with Gasteiger partial charge in [-0.05, 0) is 49.9 Å². The van der Waals surface area contributed by atoms with Crippen LogP contribution >= 0.6 is 48.0 Å². The van der Waals surface area contributed by atoms with Crippen molar-refractivity contribution in [1.82, 2.24) is 9.80 Å². The largest absolute Gasteiger partial charge is 0.495 e. The summed E-state index contributed by atoms with van der Waals surface area (Å²) in [5.41, 5.74) is 1.26. The Morgan fingerprint density at radius 2 is 1.04 bits per heavy atom. The van der Waals surface area contributed by atoms with Gasteiger partial charge in [0.25, 0.3) is 11.8 Å². The van der Waals surface area contributed by atoms with Crippen LogP contribution in [0, 0.1) is 0 Å². The Bertz CT molecular complexity index is 1420. The molecule has 0 aromatic heterocycles. The zero-order valence-corrected chi connectivity index (χ0v) is 28.9. The Hall–Kier alpha value is -3.46. The number of anilines is 2. The second-order valence-electron chi connectivity index (χ2n) is 10.4. The van der Waals surface area contributed by atoms with Gasteiger partial charge in [0.2, 0.25) is 11.8 Å². The quantitative estimate of drug-likeness (QED) is 0.117. The lowest BCUT2D eigenvalue weighted by molar-refractivity contribution is -0.124. The van der Waals surface area contributed by atoms with Crippen LogP contribution in [0.1, 0.15) is 51.4 Å². The van der Waals surface area contributed by atoms with E-state index in [0.29, 0.717) is 92.9 Å². The minimum absolute atomic E-state index is 0.105. The Morgan fingerprint density at radius 3 is 1.43 bits per heavy atom. The van der Waals surface area contributed by atoms with Crippen molar-refractivity contribution < 1.29 is 28.7 Å². The van der Waals surface area contributed by atoms with E-state index in [4.69, 9.17) is 33.9 Å². The molecule has 10 nitrogen and oxygen atoms in total. The van der Waals surface area contributed by atoms with Crippen molar-refractivity contribution in [1.29, 1.82) is 0 Å². The summed E-state index contributed by atoms with van der Waals surface area (Å²) in [7, 11) is 3.11. The van der Waals surface area contributed by atoms with Crippen LogP contribution in [0.15, 0.2) is 58.3 Å². The van der Waals surface area contributed by atoms with Gasteiger partial charge in [0.15, 0.2) is 0 Å². The molecule has 0 spiro atoms. The van der Waals surface area contributed by atoms with Crippen molar-refractivity contribution in [3.05, 3.63) is 58.3 Å². The summed E-state index contributed by atoms with van der Waals surface area (Å²) in [6.07, 6.45) is 4.79. The molecule has 244 valence electrons. The zero-order chi connectivity index (χ0) is 33.1. The van der Waals surface area contributed by atoms with Gasteiger partial charge in [-0.2, -0.15) is 0 Å². The van der Waals surface area contributed by atoms with E-state index in [1.54, 1.807) is 38.5 Å². The van der Waals surface area contributed by atoms with Gasteiger partial charge < -0.3 is 20.1 Å². The molecule has 0 radical (unpaired) electrons. The fourth-order valence-corrected chi connectivity index (χ4v) is 7.61. The monoisotopic (exact) mass is 700 g/mol. The maximum atomic E-state index is 13.2. The van der Waals surface area contributed by atoms with Crippen molar-refractivity contribution >= 4 is 91.6 Å². The van der Waals surface area contributed by atoms with Gasteiger partial charge >= 0.3 is 0 Å². The summed E-state index contributed by atoms with van der Waals surface area (Å²) >= 11 is 13.2. The molecule has 46 heavy (non-hydrogen) atoms. The van der Waals surface area contributed by atoms with Crippen LogP contribution in [0.3, 0.4) is 0 Å². The van der Waals surface area contributed by atoms with Crippen molar-refractivity contribution in [2.45, 2.75) is 51.4 Å². The van der Waals surface area contributed by atoms with Crippen molar-refractivity contribution in [3.8, 4) is 11.5 Å². The summed E-state index contributed by atoms with van der Waals surface area (Å²) < 4.78 is 11.3. The Balaban J connectivity index is 1.18. The van der Waals surface area contributed by atoms with Gasteiger partial charge in [0.05, 0.1) is 35.4 Å². The summed E-state index contributed by atoms with van der Waals surface area (Å²) in [6.45, 7) is 0.820. The van der Waals surface area contributed by atoms with Crippen LogP contribution in [-0.4, -0.2) is 69.4 Å². The van der Waals surface area contributed by atoms with E-state index in [1.165, 1.54) is 9.80 Å². The molecule has 2 fully saturated rings. The van der Waals surface area contributed by atoms with E-state index in [1.807, 2.05) is 24.3 Å². The fourth-order valence-electron chi connectivity index (χ4n) is 4.84. The Labute approximate surface area is 288 Å². The molecule has 2 aliphatic heterocycles. The number of thiocarbonyl (C=S) groups is 2. The maximum absolute atomic E-state index is 13.2. The van der Waals surface area contributed by atoms with Crippen LogP contribution in [-0.2, 0) is 19.2 Å². The van der Waals surface area contributed by atoms with Crippen molar-refractivity contribution in [3.63, 3.8) is 0 Å². The second-order valence-corrected chi connectivity index (χ2v) is 13.7. The standard InChI is InChI=1S/C32H36N4O6S4/c1-41-23-15-9-7-13-21(23)33-25(37)17-5-3-11-19-35-29(39)27(45-31(35)43)28-30(40)36(32(44)46-28)20-12-4-6-18-26(38)34-22-14-8-10-16-24(22)42-2/h7-10,13-16H,3-6,11-12,17-20H2,1-2H3,(H,33,37)(H,34,38)/b28-27+. The average molecular weight is 701 g/mol. The number of methoxy groups -OCH3 is 2. The normalized spacial score (nSPS) is 16.3. The smallest absolute Gasteiger partial charge is 0.267 e. The van der Waals surface area contributed by atoms with Crippen LogP contribution in [0.25, 0.3) is 0 Å². The lowest BCUT2D eigenvalue weighted by atomic mass is 10.1. The second kappa shape index (κ2) is 17.5. The number of amides is 4. The number of unbranched alkanes of at least 4 members (excludes halogenated alkanes) is 4. The molecular formula is C32H36N4O6S4. The lowest BCUT2D eigenvalue weighted by Gasteiger charge is -2.15. The Kier molecular flexibility index (Phi) is 13.4. The van der Waals surface area contributed by atoms with Crippen LogP contribution < -0.4 is 20.1 Å². The number of hydrogen-bond acceptors (Lipinski definition) is 10. The molecule has 0 aliphatic carbocycles. The third-order valence-electron chi connectivity index (χ3n) is 7.24. The number of thioether (sulfide) groups is 2. The number of para-hydroxylation sites is 4. The van der Waals surface area contributed by atoms with E-state index in [0.717, 1.165) is 36.4 Å². The minimum Gasteiger partial charge on any atom is -0.495 e. The van der Waals surface area contributed by atoms with Crippen LogP contribution in [0.5, 0.6) is 11.5 Å². The number of carbonyl (C=O) groups is 4. The molecule has 2 aliphatic rings. The van der Waals surface area contributed by atoms with Gasteiger partial charge in [-0.1, -0.05) is 85.1 Å². The molecule has 2 saturated heterocycles. The number of carbonyl (C=O) groups excluding carboxylic acids is 4. The number of nitrogens with one attached hydrogen (secondary N) is 2. The molecule has 4 rings (SSSR count). The number of benzene rings is 2. The predicted octanol–water partition coefficient (Wildman–Crippen LogP) is 6.33. The van der Waals surface area contributed by atoms with Gasteiger partial charge in [0.1, 0.15) is 20.1 Å². The highest BCUT2D eigenvalue weighted by atomic mass is 32.2. The van der Waals surface area contributed by atoms with Gasteiger partial charge in [-0.15, -0.1) is 0 Å². The highest BCUT2D eigenvalue weighted by molar-refractivity contribution is 8.29. The van der Waals surface area contributed by atoms with E-state index in [9.17, 15) is 19.2 Å². The molecular weight excluding hydrogens is 665 g/mol. The SMILES string of the molecule is COc1ccccc1NC(=O)CCCCCN1C(=O)/C(=C2\SC(=S)N(CCCCCC(=O)Nc3ccccc3OC)C2=O)SC1=S. The summed E-state index contributed by atoms with van der Waals surface area (Å²) in [4.78, 5) is 54.9. The van der Waals surface area contributed by atoms with E-state index < -0.39 is 0 Å². The molecule has 2 N–H and O–H groups in total. The first-order valence-corrected chi connectivity index (χ1v) is 17.4. The molecule has 0 saturated carbocycles. The minimum atomic E-state index is -0.287. The number of hydrogen-bond donors (Lipinski definition) is 2. The Morgan fingerprint density at radius 1 is 0.652 bits per heavy atom. The van der Waals surface area contributed by atoms with Gasteiger partial charge in [-0.25, -0.2) is 0 Å². The molecule has 0 atom stereocenters. The number of nitrogens with zero attached hydrogens (tertiary/aromatic N) is 2. The first kappa shape index (κ1) is 35.4. The molecule has 14 heteroatoms. The van der Waals surface area contributed by atoms with Crippen molar-refractivity contribution in [2.75, 3.05) is 37.9 Å². The summed E-state index contributed by atoms with van der Waals surface area (Å²) in [5.74, 6) is 0.420. The van der Waals surface area contributed by atoms with Crippen LogP contribution in [0.4, 0.5) is 11.4 Å². The highest BCUT2D eigenvalue weighted by Crippen LogP contribution is 2.42.